The average Bonchev–Trinajstić information content (AvgIpc) is 2.67. The molecule has 0 saturated heterocycles. The summed E-state index contributed by atoms with van der Waals surface area (Å²) in [5.41, 5.74) is 0.977. The highest BCUT2D eigenvalue weighted by atomic mass is 19.3. The Bertz CT molecular complexity index is 732. The molecule has 0 radical (unpaired) electrons. The molecule has 0 aromatic heterocycles. The van der Waals surface area contributed by atoms with Crippen LogP contribution in [0, 0.1) is 0 Å². The highest BCUT2D eigenvalue weighted by Gasteiger charge is 2.27. The second-order valence-electron chi connectivity index (χ2n) is 5.86. The molecule has 138 valence electrons. The average molecular weight is 361 g/mol. The Hall–Kier alpha value is -2.76. The van der Waals surface area contributed by atoms with Crippen LogP contribution in [0.3, 0.4) is 0 Å². The Morgan fingerprint density at radius 2 is 1.65 bits per heavy atom. The second-order valence-corrected chi connectivity index (χ2v) is 5.86. The van der Waals surface area contributed by atoms with Gasteiger partial charge in [0, 0.05) is 18.2 Å². The number of nitrogens with zero attached hydrogens (tertiary/aromatic N) is 1. The second kappa shape index (κ2) is 9.08. The number of amides is 1. The van der Waals surface area contributed by atoms with Gasteiger partial charge in [-0.1, -0.05) is 61.5 Å². The molecule has 2 aromatic carbocycles. The summed E-state index contributed by atoms with van der Waals surface area (Å²) in [5.74, 6) is -0.313. The first-order chi connectivity index (χ1) is 12.4. The third-order valence-corrected chi connectivity index (χ3v) is 4.10. The van der Waals surface area contributed by atoms with E-state index in [4.69, 9.17) is 4.74 Å². The van der Waals surface area contributed by atoms with Gasteiger partial charge in [-0.3, -0.25) is 4.79 Å². The summed E-state index contributed by atoms with van der Waals surface area (Å²) in [6.07, 6.45) is -2.82. The maximum Gasteiger partial charge on any atom is 0.410 e. The maximum absolute atomic E-state index is 12.6. The molecule has 1 unspecified atom stereocenters. The smallest absolute Gasteiger partial charge is 0.410 e. The number of halogens is 2. The van der Waals surface area contributed by atoms with Crippen LogP contribution in [0.15, 0.2) is 54.6 Å². The summed E-state index contributed by atoms with van der Waals surface area (Å²) in [5, 5.41) is 0. The number of carbonyl (C=O) groups excluding carboxylic acids is 2. The van der Waals surface area contributed by atoms with Crippen molar-refractivity contribution in [2.24, 2.45) is 0 Å². The molecule has 2 rings (SSSR count). The van der Waals surface area contributed by atoms with E-state index in [2.05, 4.69) is 0 Å². The number of hydrogen-bond donors (Lipinski definition) is 0. The van der Waals surface area contributed by atoms with Gasteiger partial charge in [0.2, 0.25) is 0 Å². The quantitative estimate of drug-likeness (QED) is 0.662. The summed E-state index contributed by atoms with van der Waals surface area (Å²) in [7, 11) is 1.49. The Labute approximate surface area is 151 Å². The van der Waals surface area contributed by atoms with Gasteiger partial charge in [-0.05, 0) is 12.0 Å². The number of Topliss-reactive ketones (excluding diaryl/α,β-unsaturated/α-hetero) is 1. The van der Waals surface area contributed by atoms with Crippen molar-refractivity contribution in [1.29, 1.82) is 0 Å². The van der Waals surface area contributed by atoms with Gasteiger partial charge in [0.15, 0.2) is 5.78 Å². The van der Waals surface area contributed by atoms with Gasteiger partial charge in [0.1, 0.15) is 6.61 Å². The lowest BCUT2D eigenvalue weighted by Gasteiger charge is -2.25. The van der Waals surface area contributed by atoms with Crippen molar-refractivity contribution in [1.82, 2.24) is 4.90 Å². The summed E-state index contributed by atoms with van der Waals surface area (Å²) in [6.45, 7) is 1.88. The van der Waals surface area contributed by atoms with E-state index >= 15 is 0 Å². The molecule has 0 aliphatic heterocycles. The van der Waals surface area contributed by atoms with Crippen LogP contribution in [-0.4, -0.2) is 29.9 Å². The number of ether oxygens (including phenoxy) is 1. The Morgan fingerprint density at radius 1 is 1.04 bits per heavy atom. The van der Waals surface area contributed by atoms with E-state index < -0.39 is 18.6 Å². The van der Waals surface area contributed by atoms with Gasteiger partial charge in [-0.2, -0.15) is 0 Å². The van der Waals surface area contributed by atoms with Gasteiger partial charge in [0.05, 0.1) is 6.04 Å². The third kappa shape index (κ3) is 4.88. The van der Waals surface area contributed by atoms with Crippen LogP contribution < -0.4 is 0 Å². The van der Waals surface area contributed by atoms with Gasteiger partial charge >= 0.3 is 6.09 Å². The molecule has 0 N–H and O–H groups in total. The fourth-order valence-corrected chi connectivity index (χ4v) is 2.57. The van der Waals surface area contributed by atoms with Gasteiger partial charge in [-0.15, -0.1) is 0 Å². The molecule has 1 atom stereocenters. The number of benzene rings is 2. The summed E-state index contributed by atoms with van der Waals surface area (Å²) in [4.78, 5) is 26.1. The van der Waals surface area contributed by atoms with E-state index in [1.165, 1.54) is 36.2 Å². The standard InChI is InChI=1S/C20H21F2NO3/c1-3-17(18(24)15-9-11-16(12-10-15)19(21)22)23(2)20(25)26-13-14-7-5-4-6-8-14/h4-12,17,19H,3,13H2,1-2H3. The fourth-order valence-electron chi connectivity index (χ4n) is 2.57. The minimum atomic E-state index is -2.59. The number of ketones is 1. The van der Waals surface area contributed by atoms with Crippen molar-refractivity contribution < 1.29 is 23.1 Å². The molecule has 2 aromatic rings. The van der Waals surface area contributed by atoms with Crippen LogP contribution >= 0.6 is 0 Å². The topological polar surface area (TPSA) is 46.6 Å². The maximum atomic E-state index is 12.6. The number of alkyl halides is 2. The SMILES string of the molecule is CCC(C(=O)c1ccc(C(F)F)cc1)N(C)C(=O)OCc1ccccc1. The minimum Gasteiger partial charge on any atom is -0.445 e. The third-order valence-electron chi connectivity index (χ3n) is 4.10. The first-order valence-corrected chi connectivity index (χ1v) is 8.29. The summed E-state index contributed by atoms with van der Waals surface area (Å²) in [6, 6.07) is 13.6. The lowest BCUT2D eigenvalue weighted by atomic mass is 10.00. The Balaban J connectivity index is 2.03. The van der Waals surface area contributed by atoms with Crippen LogP contribution in [-0.2, 0) is 11.3 Å². The van der Waals surface area contributed by atoms with Crippen molar-refractivity contribution in [2.75, 3.05) is 7.05 Å². The van der Waals surface area contributed by atoms with E-state index in [0.29, 0.717) is 6.42 Å². The predicted molar refractivity (Wildman–Crippen MR) is 94.2 cm³/mol. The van der Waals surface area contributed by atoms with Crippen molar-refractivity contribution in [3.05, 3.63) is 71.3 Å². The zero-order valence-corrected chi connectivity index (χ0v) is 14.7. The Kier molecular flexibility index (Phi) is 6.83. The van der Waals surface area contributed by atoms with Crippen LogP contribution in [0.25, 0.3) is 0 Å². The lowest BCUT2D eigenvalue weighted by Crippen LogP contribution is -2.42. The zero-order chi connectivity index (χ0) is 19.1. The van der Waals surface area contributed by atoms with Gasteiger partial charge in [0.25, 0.3) is 6.43 Å². The van der Waals surface area contributed by atoms with Crippen molar-refractivity contribution in [3.8, 4) is 0 Å². The zero-order valence-electron chi connectivity index (χ0n) is 14.7. The highest BCUT2D eigenvalue weighted by molar-refractivity contribution is 6.01. The van der Waals surface area contributed by atoms with Crippen LogP contribution in [0.4, 0.5) is 13.6 Å². The molecule has 1 amide bonds. The number of likely N-dealkylation sites (N-methyl/N-ethyl adjacent to an activating group) is 1. The molecule has 0 saturated carbocycles. The molecule has 26 heavy (non-hydrogen) atoms. The largest absolute Gasteiger partial charge is 0.445 e. The van der Waals surface area contributed by atoms with E-state index in [0.717, 1.165) is 5.56 Å². The number of rotatable bonds is 7. The van der Waals surface area contributed by atoms with E-state index in [1.807, 2.05) is 30.3 Å². The minimum absolute atomic E-state index is 0.109. The van der Waals surface area contributed by atoms with E-state index in [9.17, 15) is 18.4 Å². The molecular formula is C20H21F2NO3. The molecule has 4 nitrogen and oxygen atoms in total. The fraction of sp³-hybridized carbons (Fsp3) is 0.300. The van der Waals surface area contributed by atoms with Crippen molar-refractivity contribution in [2.45, 2.75) is 32.4 Å². The van der Waals surface area contributed by atoms with Gasteiger partial charge < -0.3 is 9.64 Å². The highest BCUT2D eigenvalue weighted by Crippen LogP contribution is 2.20. The number of carbonyl (C=O) groups is 2. The van der Waals surface area contributed by atoms with Crippen LogP contribution in [0.5, 0.6) is 0 Å². The summed E-state index contributed by atoms with van der Waals surface area (Å²) < 4.78 is 30.5. The predicted octanol–water partition coefficient (Wildman–Crippen LogP) is 4.85. The Morgan fingerprint density at radius 3 is 2.19 bits per heavy atom. The molecule has 0 bridgehead atoms. The van der Waals surface area contributed by atoms with Crippen LogP contribution in [0.1, 0.15) is 41.3 Å². The van der Waals surface area contributed by atoms with Crippen molar-refractivity contribution in [3.63, 3.8) is 0 Å². The monoisotopic (exact) mass is 361 g/mol. The normalized spacial score (nSPS) is 11.9. The van der Waals surface area contributed by atoms with E-state index in [-0.39, 0.29) is 23.5 Å². The molecule has 6 heteroatoms. The molecule has 0 heterocycles. The van der Waals surface area contributed by atoms with Crippen molar-refractivity contribution >= 4 is 11.9 Å². The van der Waals surface area contributed by atoms with Crippen LogP contribution in [0.2, 0.25) is 0 Å². The lowest BCUT2D eigenvalue weighted by molar-refractivity contribution is 0.0711. The number of hydrogen-bond acceptors (Lipinski definition) is 3. The first-order valence-electron chi connectivity index (χ1n) is 8.29. The molecule has 0 aliphatic carbocycles. The molecular weight excluding hydrogens is 340 g/mol. The molecule has 0 aliphatic rings. The van der Waals surface area contributed by atoms with E-state index in [1.54, 1.807) is 6.92 Å². The first kappa shape index (κ1) is 19.6. The summed E-state index contributed by atoms with van der Waals surface area (Å²) >= 11 is 0. The molecule has 0 spiro atoms. The van der Waals surface area contributed by atoms with Gasteiger partial charge in [-0.25, -0.2) is 13.6 Å². The molecule has 0 fully saturated rings.